The highest BCUT2D eigenvalue weighted by atomic mass is 32.1. The van der Waals surface area contributed by atoms with Gasteiger partial charge in [0.2, 0.25) is 5.91 Å². The minimum Gasteiger partial charge on any atom is -0.393 e. The highest BCUT2D eigenvalue weighted by Gasteiger charge is 2.26. The summed E-state index contributed by atoms with van der Waals surface area (Å²) in [7, 11) is 1.75. The van der Waals surface area contributed by atoms with Crippen LogP contribution in [0.5, 0.6) is 0 Å². The summed E-state index contributed by atoms with van der Waals surface area (Å²) in [4.78, 5) is 26.7. The first-order chi connectivity index (χ1) is 9.90. The van der Waals surface area contributed by atoms with E-state index < -0.39 is 0 Å². The summed E-state index contributed by atoms with van der Waals surface area (Å²) in [5, 5.41) is 9.99. The van der Waals surface area contributed by atoms with Crippen LogP contribution in [0.4, 0.5) is 0 Å². The molecule has 0 bridgehead atoms. The molecule has 21 heavy (non-hydrogen) atoms. The molecule has 0 spiro atoms. The maximum atomic E-state index is 12.3. The van der Waals surface area contributed by atoms with E-state index in [1.807, 2.05) is 13.8 Å². The number of aromatic nitrogens is 1. The number of aliphatic hydroxyl groups excluding tert-OH is 1. The molecule has 1 aromatic rings. The van der Waals surface area contributed by atoms with Crippen molar-refractivity contribution < 1.29 is 9.90 Å². The average molecular weight is 312 g/mol. The SMILES string of the molecule is Cc1sc(=O)n(CC(=O)N(C)CC2CCCCC2O)c1C. The van der Waals surface area contributed by atoms with Crippen LogP contribution in [-0.4, -0.2) is 40.2 Å². The fraction of sp³-hybridized carbons (Fsp3) is 0.733. The zero-order chi connectivity index (χ0) is 15.6. The number of hydrogen-bond acceptors (Lipinski definition) is 4. The Hall–Kier alpha value is -1.14. The Balaban J connectivity index is 1.98. The van der Waals surface area contributed by atoms with Gasteiger partial charge in [-0.05, 0) is 26.7 Å². The average Bonchev–Trinajstić information content (AvgIpc) is 2.67. The third kappa shape index (κ3) is 3.74. The lowest BCUT2D eigenvalue weighted by Crippen LogP contribution is -2.40. The molecule has 2 atom stereocenters. The molecule has 0 saturated heterocycles. The second-order valence-electron chi connectivity index (χ2n) is 5.98. The summed E-state index contributed by atoms with van der Waals surface area (Å²) < 4.78 is 1.54. The topological polar surface area (TPSA) is 62.5 Å². The van der Waals surface area contributed by atoms with Crippen molar-refractivity contribution in [3.8, 4) is 0 Å². The van der Waals surface area contributed by atoms with Crippen LogP contribution in [0.25, 0.3) is 0 Å². The predicted molar refractivity (Wildman–Crippen MR) is 83.7 cm³/mol. The van der Waals surface area contributed by atoms with Crippen molar-refractivity contribution in [3.05, 3.63) is 20.2 Å². The molecule has 2 unspecified atom stereocenters. The Labute approximate surface area is 129 Å². The van der Waals surface area contributed by atoms with Gasteiger partial charge in [0.15, 0.2) is 0 Å². The van der Waals surface area contributed by atoms with Gasteiger partial charge in [-0.2, -0.15) is 0 Å². The van der Waals surface area contributed by atoms with Crippen LogP contribution in [-0.2, 0) is 11.3 Å². The zero-order valence-electron chi connectivity index (χ0n) is 13.0. The highest BCUT2D eigenvalue weighted by molar-refractivity contribution is 7.09. The lowest BCUT2D eigenvalue weighted by Gasteiger charge is -2.31. The van der Waals surface area contributed by atoms with E-state index in [9.17, 15) is 14.7 Å². The van der Waals surface area contributed by atoms with Crippen LogP contribution >= 0.6 is 11.3 Å². The van der Waals surface area contributed by atoms with Gasteiger partial charge in [0, 0.05) is 30.1 Å². The summed E-state index contributed by atoms with van der Waals surface area (Å²) >= 11 is 1.18. The van der Waals surface area contributed by atoms with Crippen molar-refractivity contribution in [2.75, 3.05) is 13.6 Å². The summed E-state index contributed by atoms with van der Waals surface area (Å²) in [6.07, 6.45) is 3.68. The first kappa shape index (κ1) is 16.2. The Morgan fingerprint density at radius 3 is 2.62 bits per heavy atom. The standard InChI is InChI=1S/C15H24N2O3S/c1-10-11(2)21-15(20)17(10)9-14(19)16(3)8-12-6-4-5-7-13(12)18/h12-13,18H,4-9H2,1-3H3. The van der Waals surface area contributed by atoms with E-state index in [-0.39, 0.29) is 29.3 Å². The normalized spacial score (nSPS) is 22.3. The van der Waals surface area contributed by atoms with Gasteiger partial charge in [-0.1, -0.05) is 24.2 Å². The maximum absolute atomic E-state index is 12.3. The van der Waals surface area contributed by atoms with Crippen LogP contribution in [0.1, 0.15) is 36.3 Å². The molecule has 1 amide bonds. The molecule has 118 valence electrons. The number of aliphatic hydroxyl groups is 1. The molecule has 0 aromatic carbocycles. The van der Waals surface area contributed by atoms with Crippen molar-refractivity contribution in [3.63, 3.8) is 0 Å². The molecular weight excluding hydrogens is 288 g/mol. The molecule has 1 aromatic heterocycles. The molecule has 1 aliphatic rings. The van der Waals surface area contributed by atoms with Crippen molar-refractivity contribution >= 4 is 17.2 Å². The molecule has 1 aliphatic carbocycles. The van der Waals surface area contributed by atoms with Crippen molar-refractivity contribution in [2.24, 2.45) is 5.92 Å². The largest absolute Gasteiger partial charge is 0.393 e. The van der Waals surface area contributed by atoms with Gasteiger partial charge in [0.25, 0.3) is 0 Å². The first-order valence-electron chi connectivity index (χ1n) is 7.49. The number of amides is 1. The molecule has 0 aliphatic heterocycles. The molecule has 2 rings (SSSR count). The van der Waals surface area contributed by atoms with E-state index in [2.05, 4.69) is 0 Å². The van der Waals surface area contributed by atoms with Gasteiger partial charge in [-0.15, -0.1) is 0 Å². The monoisotopic (exact) mass is 312 g/mol. The van der Waals surface area contributed by atoms with E-state index in [0.717, 1.165) is 36.3 Å². The van der Waals surface area contributed by atoms with E-state index in [0.29, 0.717) is 6.54 Å². The molecule has 1 fully saturated rings. The van der Waals surface area contributed by atoms with Gasteiger partial charge in [-0.25, -0.2) is 0 Å². The molecule has 1 N–H and O–H groups in total. The van der Waals surface area contributed by atoms with E-state index in [4.69, 9.17) is 0 Å². The van der Waals surface area contributed by atoms with E-state index >= 15 is 0 Å². The number of rotatable bonds is 4. The van der Waals surface area contributed by atoms with Crippen molar-refractivity contribution in [1.82, 2.24) is 9.47 Å². The highest BCUT2D eigenvalue weighted by Crippen LogP contribution is 2.25. The third-order valence-electron chi connectivity index (χ3n) is 4.47. The summed E-state index contributed by atoms with van der Waals surface area (Å²) in [5.41, 5.74) is 0.865. The summed E-state index contributed by atoms with van der Waals surface area (Å²) in [6, 6.07) is 0. The van der Waals surface area contributed by atoms with Crippen LogP contribution < -0.4 is 4.87 Å². The Kier molecular flexibility index (Phi) is 5.22. The Bertz CT molecular complexity index is 564. The second-order valence-corrected chi connectivity index (χ2v) is 7.15. The molecule has 6 heteroatoms. The second kappa shape index (κ2) is 6.75. The molecule has 1 saturated carbocycles. The molecule has 0 radical (unpaired) electrons. The fourth-order valence-electron chi connectivity index (χ4n) is 2.88. The quantitative estimate of drug-likeness (QED) is 0.917. The van der Waals surface area contributed by atoms with Crippen LogP contribution in [0, 0.1) is 19.8 Å². The molecule has 1 heterocycles. The number of hydrogen-bond donors (Lipinski definition) is 1. The number of aryl methyl sites for hydroxylation is 1. The lowest BCUT2D eigenvalue weighted by molar-refractivity contribution is -0.131. The number of likely N-dealkylation sites (N-methyl/N-ethyl adjacent to an activating group) is 1. The van der Waals surface area contributed by atoms with Crippen molar-refractivity contribution in [1.29, 1.82) is 0 Å². The van der Waals surface area contributed by atoms with Crippen LogP contribution in [0.2, 0.25) is 0 Å². The van der Waals surface area contributed by atoms with Crippen LogP contribution in [0.15, 0.2) is 4.79 Å². The number of nitrogens with zero attached hydrogens (tertiary/aromatic N) is 2. The van der Waals surface area contributed by atoms with Gasteiger partial charge < -0.3 is 10.0 Å². The predicted octanol–water partition coefficient (Wildman–Crippen LogP) is 1.54. The summed E-state index contributed by atoms with van der Waals surface area (Å²) in [6.45, 7) is 4.42. The summed E-state index contributed by atoms with van der Waals surface area (Å²) in [5.74, 6) is 0.0884. The lowest BCUT2D eigenvalue weighted by atomic mass is 9.86. The molecular formula is C15H24N2O3S. The third-order valence-corrected chi connectivity index (χ3v) is 5.47. The number of thiazole rings is 1. The van der Waals surface area contributed by atoms with Gasteiger partial charge in [-0.3, -0.25) is 14.2 Å². The van der Waals surface area contributed by atoms with Gasteiger partial charge in [0.1, 0.15) is 6.54 Å². The van der Waals surface area contributed by atoms with Gasteiger partial charge >= 0.3 is 4.87 Å². The molecule has 5 nitrogen and oxygen atoms in total. The Morgan fingerprint density at radius 2 is 2.05 bits per heavy atom. The maximum Gasteiger partial charge on any atom is 0.308 e. The van der Waals surface area contributed by atoms with Crippen molar-refractivity contribution in [2.45, 2.75) is 52.2 Å². The van der Waals surface area contributed by atoms with Gasteiger partial charge in [0.05, 0.1) is 6.10 Å². The zero-order valence-corrected chi connectivity index (χ0v) is 13.8. The van der Waals surface area contributed by atoms with Crippen LogP contribution in [0.3, 0.4) is 0 Å². The number of carbonyl (C=O) groups excluding carboxylic acids is 1. The minimum atomic E-state index is -0.304. The minimum absolute atomic E-state index is 0.0734. The first-order valence-corrected chi connectivity index (χ1v) is 8.30. The Morgan fingerprint density at radius 1 is 1.38 bits per heavy atom. The van der Waals surface area contributed by atoms with E-state index in [1.54, 1.807) is 11.9 Å². The van der Waals surface area contributed by atoms with E-state index in [1.165, 1.54) is 15.9 Å². The number of carbonyl (C=O) groups is 1. The fourth-order valence-corrected chi connectivity index (χ4v) is 3.71. The smallest absolute Gasteiger partial charge is 0.308 e.